The molecule has 0 spiro atoms. The van der Waals surface area contributed by atoms with Gasteiger partial charge in [-0.25, -0.2) is 18.6 Å². The molecule has 0 saturated carbocycles. The van der Waals surface area contributed by atoms with E-state index in [4.69, 9.17) is 0 Å². The van der Waals surface area contributed by atoms with Gasteiger partial charge in [0.2, 0.25) is 5.88 Å². The minimum atomic E-state index is -5.05. The highest BCUT2D eigenvalue weighted by Crippen LogP contribution is 2.31. The fourth-order valence-corrected chi connectivity index (χ4v) is 1.92. The normalized spacial score (nSPS) is 11.6. The monoisotopic (exact) mass is 397 g/mol. The minimum Gasteiger partial charge on any atom is -0.465 e. The van der Waals surface area contributed by atoms with E-state index in [-0.39, 0.29) is 0 Å². The molecule has 0 N–H and O–H groups in total. The van der Waals surface area contributed by atoms with Crippen LogP contribution in [0, 0.1) is 3.70 Å². The summed E-state index contributed by atoms with van der Waals surface area (Å²) in [6.07, 6.45) is -8.14. The molecule has 0 atom stereocenters. The molecule has 106 valence electrons. The van der Waals surface area contributed by atoms with Crippen molar-refractivity contribution in [1.29, 1.82) is 0 Å². The van der Waals surface area contributed by atoms with E-state index in [1.54, 1.807) is 0 Å². The Morgan fingerprint density at radius 3 is 2.42 bits per heavy atom. The average Bonchev–Trinajstić information content (AvgIpc) is 2.24. The number of alkyl halides is 5. The van der Waals surface area contributed by atoms with Gasteiger partial charge >= 0.3 is 12.3 Å². The molecule has 1 aromatic rings. The van der Waals surface area contributed by atoms with Crippen molar-refractivity contribution in [3.05, 3.63) is 20.9 Å². The zero-order chi connectivity index (χ0) is 14.8. The first-order valence-electron chi connectivity index (χ1n) is 4.48. The Morgan fingerprint density at radius 1 is 1.42 bits per heavy atom. The first-order valence-corrected chi connectivity index (χ1v) is 5.56. The van der Waals surface area contributed by atoms with E-state index in [1.807, 2.05) is 0 Å². The Kier molecular flexibility index (Phi) is 4.87. The Bertz CT molecular complexity index is 491. The van der Waals surface area contributed by atoms with E-state index in [1.165, 1.54) is 22.6 Å². The molecule has 0 aliphatic rings. The molecule has 0 radical (unpaired) electrons. The number of nitrogens with zero attached hydrogens (tertiary/aromatic N) is 1. The average molecular weight is 397 g/mol. The van der Waals surface area contributed by atoms with Gasteiger partial charge in [0.15, 0.2) is 0 Å². The lowest BCUT2D eigenvalue weighted by Crippen LogP contribution is -2.19. The summed E-state index contributed by atoms with van der Waals surface area (Å²) in [6.45, 7) is 0. The topological polar surface area (TPSA) is 48.4 Å². The van der Waals surface area contributed by atoms with Gasteiger partial charge in [0.25, 0.3) is 6.43 Å². The van der Waals surface area contributed by atoms with Gasteiger partial charge in [0, 0.05) is 6.07 Å². The molecule has 10 heteroatoms. The van der Waals surface area contributed by atoms with Crippen molar-refractivity contribution in [3.63, 3.8) is 0 Å². The summed E-state index contributed by atoms with van der Waals surface area (Å²) in [5.41, 5.74) is -1.53. The van der Waals surface area contributed by atoms with E-state index in [0.717, 1.165) is 7.11 Å². The first kappa shape index (κ1) is 15.9. The third kappa shape index (κ3) is 4.14. The predicted octanol–water partition coefficient (Wildman–Crippen LogP) is 3.31. The fraction of sp³-hybridized carbons (Fsp3) is 0.333. The van der Waals surface area contributed by atoms with Crippen molar-refractivity contribution in [2.45, 2.75) is 12.8 Å². The van der Waals surface area contributed by atoms with Crippen LogP contribution in [0.5, 0.6) is 5.88 Å². The van der Waals surface area contributed by atoms with E-state index >= 15 is 0 Å². The van der Waals surface area contributed by atoms with Gasteiger partial charge in [0.1, 0.15) is 3.70 Å². The lowest BCUT2D eigenvalue weighted by Gasteiger charge is -2.13. The molecular formula is C9H5F5INO3. The van der Waals surface area contributed by atoms with Crippen LogP contribution in [0.2, 0.25) is 0 Å². The van der Waals surface area contributed by atoms with Gasteiger partial charge in [-0.3, -0.25) is 0 Å². The summed E-state index contributed by atoms with van der Waals surface area (Å²) in [7, 11) is 0.912. The van der Waals surface area contributed by atoms with E-state index in [0.29, 0.717) is 6.07 Å². The van der Waals surface area contributed by atoms with Crippen LogP contribution in [0.1, 0.15) is 22.3 Å². The van der Waals surface area contributed by atoms with Crippen LogP contribution in [0.4, 0.5) is 22.0 Å². The number of pyridine rings is 1. The lowest BCUT2D eigenvalue weighted by molar-refractivity contribution is -0.276. The maximum absolute atomic E-state index is 12.7. The molecule has 1 aromatic heterocycles. The molecule has 19 heavy (non-hydrogen) atoms. The molecule has 0 unspecified atom stereocenters. The predicted molar refractivity (Wildman–Crippen MR) is 59.9 cm³/mol. The summed E-state index contributed by atoms with van der Waals surface area (Å²) >= 11 is 1.28. The molecule has 0 bridgehead atoms. The van der Waals surface area contributed by atoms with Crippen LogP contribution < -0.4 is 4.74 Å². The molecule has 0 aliphatic carbocycles. The molecule has 1 rings (SSSR count). The second-order valence-corrected chi connectivity index (χ2v) is 4.07. The van der Waals surface area contributed by atoms with Gasteiger partial charge in [0.05, 0.1) is 18.2 Å². The van der Waals surface area contributed by atoms with E-state index < -0.39 is 39.5 Å². The molecule has 0 aliphatic heterocycles. The Balaban J connectivity index is 3.35. The first-order chi connectivity index (χ1) is 8.65. The van der Waals surface area contributed by atoms with Crippen molar-refractivity contribution in [1.82, 2.24) is 4.98 Å². The van der Waals surface area contributed by atoms with Gasteiger partial charge in [-0.2, -0.15) is 0 Å². The smallest absolute Gasteiger partial charge is 0.465 e. The van der Waals surface area contributed by atoms with Crippen molar-refractivity contribution in [3.8, 4) is 5.88 Å². The van der Waals surface area contributed by atoms with Gasteiger partial charge in [-0.15, -0.1) is 13.2 Å². The summed E-state index contributed by atoms with van der Waals surface area (Å²) in [5.74, 6) is -2.22. The van der Waals surface area contributed by atoms with Gasteiger partial charge in [-0.1, -0.05) is 0 Å². The summed E-state index contributed by atoms with van der Waals surface area (Å²) in [4.78, 5) is 14.5. The number of hydrogen-bond acceptors (Lipinski definition) is 4. The number of esters is 1. The highest BCUT2D eigenvalue weighted by atomic mass is 127. The number of ether oxygens (including phenoxy) is 2. The molecule has 4 nitrogen and oxygen atoms in total. The Labute approximate surface area is 117 Å². The number of hydrogen-bond donors (Lipinski definition) is 0. The number of halogens is 6. The van der Waals surface area contributed by atoms with Gasteiger partial charge in [-0.05, 0) is 22.6 Å². The van der Waals surface area contributed by atoms with Gasteiger partial charge < -0.3 is 9.47 Å². The van der Waals surface area contributed by atoms with Crippen molar-refractivity contribution in [2.75, 3.05) is 7.11 Å². The van der Waals surface area contributed by atoms with Crippen molar-refractivity contribution < 1.29 is 36.2 Å². The summed E-state index contributed by atoms with van der Waals surface area (Å²) < 4.78 is 68.8. The lowest BCUT2D eigenvalue weighted by atomic mass is 10.1. The molecule has 0 fully saturated rings. The number of carbonyl (C=O) groups excluding carboxylic acids is 1. The zero-order valence-corrected chi connectivity index (χ0v) is 11.3. The molecule has 0 saturated heterocycles. The Morgan fingerprint density at radius 2 is 2.00 bits per heavy atom. The van der Waals surface area contributed by atoms with Crippen LogP contribution in [-0.2, 0) is 4.74 Å². The fourth-order valence-electron chi connectivity index (χ4n) is 1.16. The number of methoxy groups -OCH3 is 1. The maximum atomic E-state index is 12.7. The Hall–Kier alpha value is -1.20. The van der Waals surface area contributed by atoms with Crippen LogP contribution in [0.3, 0.4) is 0 Å². The van der Waals surface area contributed by atoms with Crippen LogP contribution in [-0.4, -0.2) is 24.4 Å². The standard InChI is InChI=1S/C9H5F5INO3/c1-18-8(17)3-2-4(19-9(12,13)14)16-7(15)5(3)6(10)11/h2,6H,1H3. The number of aromatic nitrogens is 1. The quantitative estimate of drug-likeness (QED) is 0.340. The molecular weight excluding hydrogens is 392 g/mol. The van der Waals surface area contributed by atoms with Crippen molar-refractivity contribution in [2.24, 2.45) is 0 Å². The highest BCUT2D eigenvalue weighted by molar-refractivity contribution is 14.1. The SMILES string of the molecule is COC(=O)c1cc(OC(F)(F)F)nc(I)c1C(F)F. The van der Waals surface area contributed by atoms with Crippen molar-refractivity contribution >= 4 is 28.6 Å². The zero-order valence-electron chi connectivity index (χ0n) is 9.09. The molecule has 0 amide bonds. The molecule has 0 aromatic carbocycles. The third-order valence-corrected chi connectivity index (χ3v) is 2.65. The summed E-state index contributed by atoms with van der Waals surface area (Å²) in [5, 5.41) is 0. The summed E-state index contributed by atoms with van der Waals surface area (Å²) in [6, 6.07) is 0.461. The second kappa shape index (κ2) is 5.84. The minimum absolute atomic E-state index is 0.461. The van der Waals surface area contributed by atoms with Crippen LogP contribution in [0.15, 0.2) is 6.07 Å². The van der Waals surface area contributed by atoms with Crippen LogP contribution in [0.25, 0.3) is 0 Å². The van der Waals surface area contributed by atoms with Crippen LogP contribution >= 0.6 is 22.6 Å². The second-order valence-electron chi connectivity index (χ2n) is 3.05. The van der Waals surface area contributed by atoms with E-state index in [2.05, 4.69) is 14.5 Å². The number of carbonyl (C=O) groups is 1. The molecule has 1 heterocycles. The highest BCUT2D eigenvalue weighted by Gasteiger charge is 2.33. The maximum Gasteiger partial charge on any atom is 0.574 e. The van der Waals surface area contributed by atoms with E-state index in [9.17, 15) is 26.7 Å². The largest absolute Gasteiger partial charge is 0.574 e. The third-order valence-electron chi connectivity index (χ3n) is 1.83. The number of rotatable bonds is 3.